The van der Waals surface area contributed by atoms with E-state index in [2.05, 4.69) is 10.6 Å². The zero-order valence-corrected chi connectivity index (χ0v) is 12.6. The van der Waals surface area contributed by atoms with Crippen molar-refractivity contribution in [3.63, 3.8) is 0 Å². The van der Waals surface area contributed by atoms with Crippen LogP contribution in [-0.2, 0) is 9.47 Å². The van der Waals surface area contributed by atoms with Crippen molar-refractivity contribution < 1.29 is 19.1 Å². The number of ether oxygens (including phenoxy) is 2. The summed E-state index contributed by atoms with van der Waals surface area (Å²) in [6.45, 7) is 6.84. The molecule has 0 aromatic heterocycles. The molecule has 0 atom stereocenters. The average molecular weight is 294 g/mol. The van der Waals surface area contributed by atoms with Crippen LogP contribution in [0.25, 0.3) is 0 Å². The first kappa shape index (κ1) is 17.0. The monoisotopic (exact) mass is 294 g/mol. The van der Waals surface area contributed by atoms with Crippen LogP contribution in [-0.4, -0.2) is 37.9 Å². The molecule has 6 nitrogen and oxygen atoms in total. The molecule has 1 rings (SSSR count). The summed E-state index contributed by atoms with van der Waals surface area (Å²) in [6, 6.07) is 6.29. The number of esters is 1. The molecule has 0 radical (unpaired) electrons. The number of anilines is 1. The number of urea groups is 1. The second-order valence-electron chi connectivity index (χ2n) is 4.66. The number of hydrogen-bond acceptors (Lipinski definition) is 4. The van der Waals surface area contributed by atoms with Crippen molar-refractivity contribution >= 4 is 17.7 Å². The summed E-state index contributed by atoms with van der Waals surface area (Å²) < 4.78 is 10.1. The zero-order chi connectivity index (χ0) is 15.7. The van der Waals surface area contributed by atoms with Gasteiger partial charge >= 0.3 is 12.0 Å². The SMILES string of the molecule is CCOCCOC(=O)c1ccc(NC(=O)NC(C)C)cc1. The van der Waals surface area contributed by atoms with E-state index < -0.39 is 5.97 Å². The highest BCUT2D eigenvalue weighted by Gasteiger charge is 2.08. The molecule has 1 aromatic rings. The van der Waals surface area contributed by atoms with Crippen molar-refractivity contribution in [3.05, 3.63) is 29.8 Å². The predicted octanol–water partition coefficient (Wildman–Crippen LogP) is 2.41. The highest BCUT2D eigenvalue weighted by Crippen LogP contribution is 2.10. The summed E-state index contributed by atoms with van der Waals surface area (Å²) in [5.41, 5.74) is 1.04. The van der Waals surface area contributed by atoms with E-state index in [-0.39, 0.29) is 18.7 Å². The van der Waals surface area contributed by atoms with Crippen LogP contribution in [0.5, 0.6) is 0 Å². The maximum Gasteiger partial charge on any atom is 0.338 e. The Morgan fingerprint density at radius 1 is 1.14 bits per heavy atom. The topological polar surface area (TPSA) is 76.7 Å². The summed E-state index contributed by atoms with van der Waals surface area (Å²) in [6.07, 6.45) is 0. The van der Waals surface area contributed by atoms with E-state index >= 15 is 0 Å². The molecule has 0 aliphatic heterocycles. The lowest BCUT2D eigenvalue weighted by molar-refractivity contribution is 0.0335. The van der Waals surface area contributed by atoms with E-state index in [4.69, 9.17) is 9.47 Å². The van der Waals surface area contributed by atoms with Crippen LogP contribution in [0.4, 0.5) is 10.5 Å². The zero-order valence-electron chi connectivity index (χ0n) is 12.6. The number of carbonyl (C=O) groups is 2. The quantitative estimate of drug-likeness (QED) is 0.598. The van der Waals surface area contributed by atoms with Gasteiger partial charge in [0, 0.05) is 18.3 Å². The van der Waals surface area contributed by atoms with Crippen LogP contribution < -0.4 is 10.6 Å². The summed E-state index contributed by atoms with van der Waals surface area (Å²) in [4.78, 5) is 23.2. The van der Waals surface area contributed by atoms with Gasteiger partial charge in [0.1, 0.15) is 6.61 Å². The van der Waals surface area contributed by atoms with Crippen LogP contribution in [0.2, 0.25) is 0 Å². The van der Waals surface area contributed by atoms with Crippen molar-refractivity contribution in [2.24, 2.45) is 0 Å². The van der Waals surface area contributed by atoms with Gasteiger partial charge in [0.05, 0.1) is 12.2 Å². The molecule has 21 heavy (non-hydrogen) atoms. The number of nitrogens with one attached hydrogen (secondary N) is 2. The maximum atomic E-state index is 11.7. The van der Waals surface area contributed by atoms with Crippen LogP contribution in [0.1, 0.15) is 31.1 Å². The van der Waals surface area contributed by atoms with Crippen molar-refractivity contribution in [1.82, 2.24) is 5.32 Å². The lowest BCUT2D eigenvalue weighted by Crippen LogP contribution is -2.34. The summed E-state index contributed by atoms with van der Waals surface area (Å²) in [5.74, 6) is -0.409. The van der Waals surface area contributed by atoms with E-state index in [1.165, 1.54) is 0 Å². The van der Waals surface area contributed by atoms with Gasteiger partial charge in [-0.3, -0.25) is 0 Å². The Morgan fingerprint density at radius 2 is 1.81 bits per heavy atom. The first-order valence-electron chi connectivity index (χ1n) is 6.95. The maximum absolute atomic E-state index is 11.7. The van der Waals surface area contributed by atoms with Crippen molar-refractivity contribution in [1.29, 1.82) is 0 Å². The van der Waals surface area contributed by atoms with Gasteiger partial charge < -0.3 is 20.1 Å². The molecule has 0 heterocycles. The Labute approximate surface area is 124 Å². The lowest BCUT2D eigenvalue weighted by Gasteiger charge is -2.10. The van der Waals surface area contributed by atoms with Gasteiger partial charge in [-0.25, -0.2) is 9.59 Å². The van der Waals surface area contributed by atoms with Gasteiger partial charge in [-0.05, 0) is 45.0 Å². The van der Waals surface area contributed by atoms with Crippen molar-refractivity contribution in [3.8, 4) is 0 Å². The van der Waals surface area contributed by atoms with Crippen molar-refractivity contribution in [2.75, 3.05) is 25.1 Å². The largest absolute Gasteiger partial charge is 0.460 e. The smallest absolute Gasteiger partial charge is 0.338 e. The molecular formula is C15H22N2O4. The molecule has 0 spiro atoms. The lowest BCUT2D eigenvalue weighted by atomic mass is 10.2. The molecule has 2 amide bonds. The first-order chi connectivity index (χ1) is 10.0. The summed E-state index contributed by atoms with van der Waals surface area (Å²) >= 11 is 0. The summed E-state index contributed by atoms with van der Waals surface area (Å²) in [7, 11) is 0. The molecule has 0 fully saturated rings. The Bertz CT molecular complexity index is 457. The molecule has 0 aliphatic rings. The number of hydrogen-bond donors (Lipinski definition) is 2. The van der Waals surface area contributed by atoms with Gasteiger partial charge in [0.25, 0.3) is 0 Å². The Morgan fingerprint density at radius 3 is 2.38 bits per heavy atom. The fourth-order valence-electron chi connectivity index (χ4n) is 1.54. The molecule has 0 bridgehead atoms. The number of rotatable bonds is 7. The molecule has 1 aromatic carbocycles. The number of benzene rings is 1. The van der Waals surface area contributed by atoms with E-state index in [9.17, 15) is 9.59 Å². The molecule has 0 aliphatic carbocycles. The minimum atomic E-state index is -0.409. The molecule has 0 unspecified atom stereocenters. The molecule has 0 saturated heterocycles. The van der Waals surface area contributed by atoms with E-state index in [0.29, 0.717) is 24.5 Å². The Kier molecular flexibility index (Phi) is 7.25. The van der Waals surface area contributed by atoms with E-state index in [0.717, 1.165) is 0 Å². The molecular weight excluding hydrogens is 272 g/mol. The van der Waals surface area contributed by atoms with Gasteiger partial charge in [-0.15, -0.1) is 0 Å². The van der Waals surface area contributed by atoms with E-state index in [1.807, 2.05) is 20.8 Å². The highest BCUT2D eigenvalue weighted by atomic mass is 16.6. The standard InChI is InChI=1S/C15H22N2O4/c1-4-20-9-10-21-14(18)12-5-7-13(8-6-12)17-15(19)16-11(2)3/h5-8,11H,4,9-10H2,1-3H3,(H2,16,17,19). The average Bonchev–Trinajstić information content (AvgIpc) is 2.43. The number of amides is 2. The fourth-order valence-corrected chi connectivity index (χ4v) is 1.54. The van der Waals surface area contributed by atoms with Gasteiger partial charge in [-0.1, -0.05) is 0 Å². The third kappa shape index (κ3) is 6.76. The predicted molar refractivity (Wildman–Crippen MR) is 80.5 cm³/mol. The van der Waals surface area contributed by atoms with E-state index in [1.54, 1.807) is 24.3 Å². The number of carbonyl (C=O) groups excluding carboxylic acids is 2. The van der Waals surface area contributed by atoms with Crippen LogP contribution in [0.3, 0.4) is 0 Å². The Balaban J connectivity index is 2.46. The van der Waals surface area contributed by atoms with Crippen LogP contribution in [0, 0.1) is 0 Å². The molecule has 6 heteroatoms. The fraction of sp³-hybridized carbons (Fsp3) is 0.467. The molecule has 0 saturated carbocycles. The molecule has 2 N–H and O–H groups in total. The van der Waals surface area contributed by atoms with Crippen molar-refractivity contribution in [2.45, 2.75) is 26.8 Å². The summed E-state index contributed by atoms with van der Waals surface area (Å²) in [5, 5.41) is 5.39. The normalized spacial score (nSPS) is 10.3. The van der Waals surface area contributed by atoms with Crippen LogP contribution in [0.15, 0.2) is 24.3 Å². The van der Waals surface area contributed by atoms with Gasteiger partial charge in [0.2, 0.25) is 0 Å². The minimum Gasteiger partial charge on any atom is -0.460 e. The third-order valence-corrected chi connectivity index (χ3v) is 2.46. The van der Waals surface area contributed by atoms with Gasteiger partial charge in [-0.2, -0.15) is 0 Å². The second kappa shape index (κ2) is 8.97. The minimum absolute atomic E-state index is 0.0598. The second-order valence-corrected chi connectivity index (χ2v) is 4.66. The first-order valence-corrected chi connectivity index (χ1v) is 6.95. The highest BCUT2D eigenvalue weighted by molar-refractivity contribution is 5.92. The van der Waals surface area contributed by atoms with Gasteiger partial charge in [0.15, 0.2) is 0 Å². The molecule has 116 valence electrons. The van der Waals surface area contributed by atoms with Crippen LogP contribution >= 0.6 is 0 Å². The third-order valence-electron chi connectivity index (χ3n) is 2.46. The Hall–Kier alpha value is -2.08.